The Morgan fingerprint density at radius 1 is 1.26 bits per heavy atom. The fourth-order valence-electron chi connectivity index (χ4n) is 3.05. The van der Waals surface area contributed by atoms with Crippen molar-refractivity contribution in [2.75, 3.05) is 0 Å². The topological polar surface area (TPSA) is 52.3 Å². The highest BCUT2D eigenvalue weighted by molar-refractivity contribution is 5.88. The zero-order chi connectivity index (χ0) is 14.3. The third-order valence-corrected chi connectivity index (χ3v) is 3.88. The molecule has 1 unspecified atom stereocenters. The van der Waals surface area contributed by atoms with Crippen LogP contribution < -0.4 is 5.73 Å². The Morgan fingerprint density at radius 3 is 2.32 bits per heavy atom. The Hall–Kier alpha value is -1.19. The minimum Gasteiger partial charge on any atom is -0.369 e. The van der Waals surface area contributed by atoms with Gasteiger partial charge in [0.25, 0.3) is 0 Å². The summed E-state index contributed by atoms with van der Waals surface area (Å²) < 4.78 is 5.98. The van der Waals surface area contributed by atoms with Gasteiger partial charge < -0.3 is 10.5 Å². The van der Waals surface area contributed by atoms with Gasteiger partial charge in [0, 0.05) is 0 Å². The second-order valence-electron chi connectivity index (χ2n) is 6.51. The highest BCUT2D eigenvalue weighted by atomic mass is 16.5. The summed E-state index contributed by atoms with van der Waals surface area (Å²) in [6.07, 6.45) is 0.722. The van der Waals surface area contributed by atoms with Gasteiger partial charge in [-0.15, -0.1) is 0 Å². The van der Waals surface area contributed by atoms with E-state index in [2.05, 4.69) is 0 Å². The zero-order valence-corrected chi connectivity index (χ0v) is 12.1. The minimum absolute atomic E-state index is 0.0711. The summed E-state index contributed by atoms with van der Waals surface area (Å²) in [5.41, 5.74) is 6.28. The van der Waals surface area contributed by atoms with Gasteiger partial charge in [0.1, 0.15) is 0 Å². The number of Topliss-reactive ketones (excluding diaryl/α,β-unsaturated/α-hetero) is 1. The lowest BCUT2D eigenvalue weighted by molar-refractivity contribution is -0.130. The molecule has 0 bridgehead atoms. The molecule has 19 heavy (non-hydrogen) atoms. The van der Waals surface area contributed by atoms with Crippen LogP contribution in [-0.2, 0) is 9.53 Å². The van der Waals surface area contributed by atoms with Crippen molar-refractivity contribution in [3.05, 3.63) is 35.9 Å². The molecule has 0 amide bonds. The summed E-state index contributed by atoms with van der Waals surface area (Å²) in [7, 11) is 0. The summed E-state index contributed by atoms with van der Waals surface area (Å²) in [5, 5.41) is 0. The average Bonchev–Trinajstić information content (AvgIpc) is 2.56. The van der Waals surface area contributed by atoms with Crippen molar-refractivity contribution in [3.63, 3.8) is 0 Å². The molecule has 0 radical (unpaired) electrons. The number of ketones is 1. The van der Waals surface area contributed by atoms with Gasteiger partial charge in [-0.05, 0) is 39.7 Å². The molecule has 1 aliphatic rings. The first-order chi connectivity index (χ1) is 8.73. The van der Waals surface area contributed by atoms with E-state index in [0.717, 1.165) is 12.0 Å². The van der Waals surface area contributed by atoms with Crippen LogP contribution in [0, 0.1) is 5.92 Å². The molecule has 3 heteroatoms. The number of benzene rings is 1. The van der Waals surface area contributed by atoms with E-state index in [1.807, 2.05) is 58.0 Å². The predicted octanol–water partition coefficient (Wildman–Crippen LogP) is 2.85. The van der Waals surface area contributed by atoms with Gasteiger partial charge in [0.2, 0.25) is 0 Å². The second kappa shape index (κ2) is 4.73. The number of rotatable bonds is 3. The van der Waals surface area contributed by atoms with Crippen molar-refractivity contribution in [1.29, 1.82) is 0 Å². The van der Waals surface area contributed by atoms with E-state index in [1.54, 1.807) is 0 Å². The lowest BCUT2D eigenvalue weighted by atomic mass is 9.80. The van der Waals surface area contributed by atoms with Gasteiger partial charge in [-0.3, -0.25) is 4.79 Å². The Bertz CT molecular complexity index is 465. The Morgan fingerprint density at radius 2 is 1.84 bits per heavy atom. The number of nitrogens with two attached hydrogens (primary N) is 1. The van der Waals surface area contributed by atoms with Crippen LogP contribution in [0.2, 0.25) is 0 Å². The van der Waals surface area contributed by atoms with Gasteiger partial charge in [0.15, 0.2) is 5.78 Å². The summed E-state index contributed by atoms with van der Waals surface area (Å²) in [4.78, 5) is 12.6. The van der Waals surface area contributed by atoms with Crippen molar-refractivity contribution in [1.82, 2.24) is 0 Å². The zero-order valence-electron chi connectivity index (χ0n) is 12.1. The van der Waals surface area contributed by atoms with Crippen LogP contribution in [0.5, 0.6) is 0 Å². The summed E-state index contributed by atoms with van der Waals surface area (Å²) in [5.74, 6) is -0.0838. The van der Waals surface area contributed by atoms with Crippen LogP contribution >= 0.6 is 0 Å². The molecule has 2 rings (SSSR count). The van der Waals surface area contributed by atoms with Gasteiger partial charge in [-0.2, -0.15) is 0 Å². The van der Waals surface area contributed by atoms with Gasteiger partial charge in [0.05, 0.1) is 23.2 Å². The number of carbonyl (C=O) groups is 1. The largest absolute Gasteiger partial charge is 0.369 e. The maximum absolute atomic E-state index is 12.6. The molecule has 0 aliphatic carbocycles. The standard InChI is InChI=1S/C16H23NO2/c1-15(2)10-12(16(3,4)19-15)14(18)13(17)11-8-6-5-7-9-11/h5-9,12-13H,10,17H2,1-4H3/t12?,13-/m1/s1. The molecule has 1 heterocycles. The molecule has 104 valence electrons. The second-order valence-corrected chi connectivity index (χ2v) is 6.51. The highest BCUT2D eigenvalue weighted by Crippen LogP contribution is 2.43. The smallest absolute Gasteiger partial charge is 0.160 e. The first-order valence-corrected chi connectivity index (χ1v) is 6.77. The molecule has 3 nitrogen and oxygen atoms in total. The van der Waals surface area contributed by atoms with Crippen LogP contribution in [0.3, 0.4) is 0 Å². The molecule has 2 N–H and O–H groups in total. The van der Waals surface area contributed by atoms with E-state index in [9.17, 15) is 4.79 Å². The maximum atomic E-state index is 12.6. The third-order valence-electron chi connectivity index (χ3n) is 3.88. The first-order valence-electron chi connectivity index (χ1n) is 6.77. The quantitative estimate of drug-likeness (QED) is 0.910. The number of carbonyl (C=O) groups excluding carboxylic acids is 1. The van der Waals surface area contributed by atoms with E-state index in [4.69, 9.17) is 10.5 Å². The lowest BCUT2D eigenvalue weighted by Gasteiger charge is -2.28. The van der Waals surface area contributed by atoms with Crippen LogP contribution in [0.15, 0.2) is 30.3 Å². The van der Waals surface area contributed by atoms with Crippen molar-refractivity contribution < 1.29 is 9.53 Å². The number of hydrogen-bond donors (Lipinski definition) is 1. The molecule has 2 atom stereocenters. The van der Waals surface area contributed by atoms with Crippen LogP contribution in [0.25, 0.3) is 0 Å². The summed E-state index contributed by atoms with van der Waals surface area (Å²) in [6, 6.07) is 8.97. The Kier molecular flexibility index (Phi) is 3.54. The van der Waals surface area contributed by atoms with Crippen molar-refractivity contribution in [2.45, 2.75) is 51.4 Å². The Labute approximate surface area is 115 Å². The predicted molar refractivity (Wildman–Crippen MR) is 75.7 cm³/mol. The van der Waals surface area contributed by atoms with E-state index >= 15 is 0 Å². The molecule has 1 aromatic rings. The van der Waals surface area contributed by atoms with Crippen molar-refractivity contribution in [2.24, 2.45) is 11.7 Å². The van der Waals surface area contributed by atoms with E-state index in [1.165, 1.54) is 0 Å². The van der Waals surface area contributed by atoms with Gasteiger partial charge in [-0.25, -0.2) is 0 Å². The molecular formula is C16H23NO2. The maximum Gasteiger partial charge on any atom is 0.160 e. The van der Waals surface area contributed by atoms with Crippen molar-refractivity contribution in [3.8, 4) is 0 Å². The van der Waals surface area contributed by atoms with Crippen LogP contribution in [0.4, 0.5) is 0 Å². The molecule has 1 fully saturated rings. The number of ether oxygens (including phenoxy) is 1. The third kappa shape index (κ3) is 2.88. The summed E-state index contributed by atoms with van der Waals surface area (Å²) >= 11 is 0. The van der Waals surface area contributed by atoms with Crippen LogP contribution in [-0.4, -0.2) is 17.0 Å². The molecular weight excluding hydrogens is 238 g/mol. The molecule has 0 spiro atoms. The number of hydrogen-bond acceptors (Lipinski definition) is 3. The normalized spacial score (nSPS) is 26.1. The van der Waals surface area contributed by atoms with E-state index in [0.29, 0.717) is 0 Å². The fourth-order valence-corrected chi connectivity index (χ4v) is 3.05. The monoisotopic (exact) mass is 261 g/mol. The first kappa shape index (κ1) is 14.2. The fraction of sp³-hybridized carbons (Fsp3) is 0.562. The molecule has 0 saturated carbocycles. The average molecular weight is 261 g/mol. The summed E-state index contributed by atoms with van der Waals surface area (Å²) in [6.45, 7) is 8.00. The van der Waals surface area contributed by atoms with Gasteiger partial charge >= 0.3 is 0 Å². The molecule has 1 aliphatic heterocycles. The SMILES string of the molecule is CC1(C)CC(C(=O)[C@H](N)c2ccccc2)C(C)(C)O1. The van der Waals surface area contributed by atoms with Gasteiger partial charge in [-0.1, -0.05) is 30.3 Å². The molecule has 1 saturated heterocycles. The van der Waals surface area contributed by atoms with E-state index in [-0.39, 0.29) is 17.3 Å². The Balaban J connectivity index is 2.21. The van der Waals surface area contributed by atoms with Crippen LogP contribution in [0.1, 0.15) is 45.7 Å². The van der Waals surface area contributed by atoms with Crippen molar-refractivity contribution >= 4 is 5.78 Å². The molecule has 0 aromatic heterocycles. The molecule has 1 aromatic carbocycles. The van der Waals surface area contributed by atoms with E-state index < -0.39 is 11.6 Å². The highest BCUT2D eigenvalue weighted by Gasteiger charge is 2.50. The lowest BCUT2D eigenvalue weighted by Crippen LogP contribution is -2.38. The minimum atomic E-state index is -0.567.